The lowest BCUT2D eigenvalue weighted by atomic mass is 9.93. The Labute approximate surface area is 139 Å². The molecule has 0 radical (unpaired) electrons. The molecule has 1 saturated heterocycles. The topological polar surface area (TPSA) is 40.6 Å². The predicted octanol–water partition coefficient (Wildman–Crippen LogP) is 2.59. The fraction of sp³-hybridized carbons (Fsp3) is 0.667. The molecule has 0 unspecified atom stereocenters. The van der Waals surface area contributed by atoms with Crippen molar-refractivity contribution < 1.29 is 8.42 Å². The highest BCUT2D eigenvalue weighted by molar-refractivity contribution is 7.90. The number of hydrogen-bond donors (Lipinski definition) is 0. The van der Waals surface area contributed by atoms with Crippen molar-refractivity contribution in [2.24, 2.45) is 5.92 Å². The zero-order valence-corrected chi connectivity index (χ0v) is 15.0. The van der Waals surface area contributed by atoms with Crippen molar-refractivity contribution in [2.45, 2.75) is 49.9 Å². The van der Waals surface area contributed by atoms with E-state index < -0.39 is 10.0 Å². The van der Waals surface area contributed by atoms with Gasteiger partial charge >= 0.3 is 0 Å². The van der Waals surface area contributed by atoms with Gasteiger partial charge in [0.25, 0.3) is 0 Å². The first-order chi connectivity index (χ1) is 10.9. The third kappa shape index (κ3) is 2.36. The second kappa shape index (κ2) is 5.30. The first-order valence-electron chi connectivity index (χ1n) is 8.71. The zero-order valence-electron chi connectivity index (χ0n) is 14.1. The minimum absolute atomic E-state index is 0.0992. The van der Waals surface area contributed by atoms with Crippen LogP contribution in [-0.2, 0) is 10.0 Å². The van der Waals surface area contributed by atoms with Gasteiger partial charge < -0.3 is 0 Å². The van der Waals surface area contributed by atoms with Crippen LogP contribution in [0.4, 0.5) is 0 Å². The largest absolute Gasteiger partial charge is 0.297 e. The van der Waals surface area contributed by atoms with Gasteiger partial charge in [-0.2, -0.15) is 0 Å². The number of sulfonamides is 1. The van der Waals surface area contributed by atoms with Crippen molar-refractivity contribution in [1.29, 1.82) is 0 Å². The first kappa shape index (κ1) is 15.6. The molecular formula is C18H26N2O2S. The molecule has 0 bridgehead atoms. The lowest BCUT2D eigenvalue weighted by molar-refractivity contribution is 0.150. The lowest BCUT2D eigenvalue weighted by Crippen LogP contribution is -2.37. The highest BCUT2D eigenvalue weighted by Gasteiger charge is 2.52. The maximum Gasteiger partial charge on any atom is 0.217 e. The summed E-state index contributed by atoms with van der Waals surface area (Å²) in [6, 6.07) is 9.41. The van der Waals surface area contributed by atoms with Gasteiger partial charge in [-0.3, -0.25) is 4.90 Å². The van der Waals surface area contributed by atoms with Crippen LogP contribution in [0.1, 0.15) is 49.8 Å². The molecule has 1 aliphatic heterocycles. The van der Waals surface area contributed by atoms with E-state index in [-0.39, 0.29) is 5.25 Å². The maximum atomic E-state index is 12.7. The van der Waals surface area contributed by atoms with Gasteiger partial charge in [0.1, 0.15) is 0 Å². The molecule has 4 rings (SSSR count). The zero-order chi connectivity index (χ0) is 16.4. The van der Waals surface area contributed by atoms with Crippen molar-refractivity contribution in [3.05, 3.63) is 35.4 Å². The van der Waals surface area contributed by atoms with E-state index in [0.29, 0.717) is 37.0 Å². The summed E-state index contributed by atoms with van der Waals surface area (Å²) in [5, 5.41) is -0.0992. The second-order valence-electron chi connectivity index (χ2n) is 7.66. The van der Waals surface area contributed by atoms with Gasteiger partial charge in [-0.05, 0) is 44.9 Å². The highest BCUT2D eigenvalue weighted by Crippen LogP contribution is 2.53. The standard InChI is InChI=1S/C18H26N2O2S/c1-12(2)19(3)18-15-7-5-4-6-14(15)16-10-20(11-17(16)18)23(21,22)13-8-9-13/h4-7,12-13,16-18H,8-11H2,1-3H3/t16-,17-,18-/m0/s1. The molecule has 0 amide bonds. The van der Waals surface area contributed by atoms with Crippen LogP contribution in [-0.4, -0.2) is 49.1 Å². The normalized spacial score (nSPS) is 30.9. The molecule has 5 heteroatoms. The molecule has 0 spiro atoms. The minimum Gasteiger partial charge on any atom is -0.297 e. The predicted molar refractivity (Wildman–Crippen MR) is 91.8 cm³/mol. The van der Waals surface area contributed by atoms with Crippen molar-refractivity contribution in [3.8, 4) is 0 Å². The summed E-state index contributed by atoms with van der Waals surface area (Å²) in [6.45, 7) is 5.77. The van der Waals surface area contributed by atoms with E-state index in [1.165, 1.54) is 11.1 Å². The molecule has 3 aliphatic rings. The van der Waals surface area contributed by atoms with E-state index in [1.807, 2.05) is 0 Å². The Balaban J connectivity index is 1.69. The van der Waals surface area contributed by atoms with Gasteiger partial charge in [-0.15, -0.1) is 0 Å². The van der Waals surface area contributed by atoms with Gasteiger partial charge in [0.15, 0.2) is 0 Å². The Morgan fingerprint density at radius 1 is 1.13 bits per heavy atom. The number of hydrogen-bond acceptors (Lipinski definition) is 3. The summed E-state index contributed by atoms with van der Waals surface area (Å²) in [6.07, 6.45) is 1.69. The van der Waals surface area contributed by atoms with Crippen LogP contribution in [0.15, 0.2) is 24.3 Å². The molecule has 126 valence electrons. The third-order valence-electron chi connectivity index (χ3n) is 6.01. The molecule has 1 aromatic carbocycles. The number of fused-ring (bicyclic) bond motifs is 3. The summed E-state index contributed by atoms with van der Waals surface area (Å²) in [5.74, 6) is 0.735. The Bertz CT molecular complexity index is 711. The van der Waals surface area contributed by atoms with Gasteiger partial charge in [-0.1, -0.05) is 24.3 Å². The summed E-state index contributed by atoms with van der Waals surface area (Å²) in [4.78, 5) is 2.41. The lowest BCUT2D eigenvalue weighted by Gasteiger charge is -2.33. The summed E-state index contributed by atoms with van der Waals surface area (Å²) >= 11 is 0. The van der Waals surface area contributed by atoms with Crippen molar-refractivity contribution in [1.82, 2.24) is 9.21 Å². The molecule has 3 atom stereocenters. The van der Waals surface area contributed by atoms with Gasteiger partial charge in [0.2, 0.25) is 10.0 Å². The van der Waals surface area contributed by atoms with Crippen LogP contribution >= 0.6 is 0 Å². The molecule has 1 aromatic rings. The molecule has 1 saturated carbocycles. The fourth-order valence-electron chi connectivity index (χ4n) is 4.42. The maximum absolute atomic E-state index is 12.7. The van der Waals surface area contributed by atoms with Crippen molar-refractivity contribution in [3.63, 3.8) is 0 Å². The van der Waals surface area contributed by atoms with Gasteiger partial charge in [0.05, 0.1) is 5.25 Å². The van der Waals surface area contributed by atoms with E-state index in [4.69, 9.17) is 0 Å². The average Bonchev–Trinajstić information content (AvgIpc) is 3.21. The number of benzene rings is 1. The van der Waals surface area contributed by atoms with E-state index in [2.05, 4.69) is 50.1 Å². The fourth-order valence-corrected chi connectivity index (χ4v) is 6.32. The van der Waals surface area contributed by atoms with Crippen molar-refractivity contribution >= 4 is 10.0 Å². The Kier molecular flexibility index (Phi) is 3.59. The van der Waals surface area contributed by atoms with Crippen LogP contribution in [0, 0.1) is 5.92 Å². The van der Waals surface area contributed by atoms with Gasteiger partial charge in [0, 0.05) is 37.0 Å². The highest BCUT2D eigenvalue weighted by atomic mass is 32.2. The molecule has 1 heterocycles. The summed E-state index contributed by atoms with van der Waals surface area (Å²) in [7, 11) is -0.891. The Morgan fingerprint density at radius 2 is 1.78 bits per heavy atom. The van der Waals surface area contributed by atoms with E-state index in [9.17, 15) is 8.42 Å². The molecule has 0 aromatic heterocycles. The van der Waals surface area contributed by atoms with Crippen molar-refractivity contribution in [2.75, 3.05) is 20.1 Å². The van der Waals surface area contributed by atoms with Crippen LogP contribution < -0.4 is 0 Å². The second-order valence-corrected chi connectivity index (χ2v) is 9.88. The third-order valence-corrected chi connectivity index (χ3v) is 8.34. The Morgan fingerprint density at radius 3 is 2.39 bits per heavy atom. The minimum atomic E-state index is -3.06. The first-order valence-corrected chi connectivity index (χ1v) is 10.2. The number of rotatable bonds is 4. The average molecular weight is 334 g/mol. The SMILES string of the molecule is CC(C)N(C)[C@H]1c2ccccc2[C@@H]2CN(S(=O)(=O)C3CC3)C[C@@H]21. The number of nitrogens with zero attached hydrogens (tertiary/aromatic N) is 2. The monoisotopic (exact) mass is 334 g/mol. The van der Waals surface area contributed by atoms with E-state index >= 15 is 0 Å². The quantitative estimate of drug-likeness (QED) is 0.850. The molecule has 2 aliphatic carbocycles. The Hall–Kier alpha value is -0.910. The smallest absolute Gasteiger partial charge is 0.217 e. The van der Waals surface area contributed by atoms with E-state index in [1.54, 1.807) is 4.31 Å². The van der Waals surface area contributed by atoms with Crippen LogP contribution in [0.3, 0.4) is 0 Å². The van der Waals surface area contributed by atoms with E-state index in [0.717, 1.165) is 12.8 Å². The summed E-state index contributed by atoms with van der Waals surface area (Å²) in [5.41, 5.74) is 2.77. The van der Waals surface area contributed by atoms with Crippen LogP contribution in [0.2, 0.25) is 0 Å². The molecule has 23 heavy (non-hydrogen) atoms. The molecule has 0 N–H and O–H groups in total. The molecule has 4 nitrogen and oxygen atoms in total. The van der Waals surface area contributed by atoms with Gasteiger partial charge in [-0.25, -0.2) is 12.7 Å². The molecule has 2 fully saturated rings. The van der Waals surface area contributed by atoms with Crippen LogP contribution in [0.5, 0.6) is 0 Å². The molecular weight excluding hydrogens is 308 g/mol. The summed E-state index contributed by atoms with van der Waals surface area (Å²) < 4.78 is 27.1. The van der Waals surface area contributed by atoms with Crippen LogP contribution in [0.25, 0.3) is 0 Å².